The maximum Gasteiger partial charge on any atom is 0.334 e. The minimum absolute atomic E-state index is 0. The van der Waals surface area contributed by atoms with Crippen LogP contribution in [-0.2, 0) is 16.1 Å². The quantitative estimate of drug-likeness (QED) is 0.661. The molecular weight excluding hydrogens is 250 g/mol. The third-order valence-corrected chi connectivity index (χ3v) is 2.46. The van der Waals surface area contributed by atoms with Gasteiger partial charge in [-0.05, 0) is 32.4 Å². The fraction of sp³-hybridized carbons (Fsp3) is 0.357. The van der Waals surface area contributed by atoms with Crippen molar-refractivity contribution in [2.75, 3.05) is 6.54 Å². The minimum atomic E-state index is -0.265. The van der Waals surface area contributed by atoms with E-state index in [9.17, 15) is 4.79 Å². The zero-order valence-corrected chi connectivity index (χ0v) is 11.6. The molecule has 100 valence electrons. The van der Waals surface area contributed by atoms with Crippen LogP contribution in [0.15, 0.2) is 41.5 Å². The smallest absolute Gasteiger partial charge is 0.334 e. The van der Waals surface area contributed by atoms with Gasteiger partial charge in [0.15, 0.2) is 0 Å². The average molecular weight is 270 g/mol. The number of allylic oxidation sites excluding steroid dienone is 1. The molecule has 1 rings (SSSR count). The topological polar surface area (TPSA) is 52.3 Å². The van der Waals surface area contributed by atoms with Crippen LogP contribution in [0.2, 0.25) is 0 Å². The molecule has 0 spiro atoms. The fourth-order valence-corrected chi connectivity index (χ4v) is 1.51. The van der Waals surface area contributed by atoms with Crippen molar-refractivity contribution in [3.05, 3.63) is 47.0 Å². The summed E-state index contributed by atoms with van der Waals surface area (Å²) in [5, 5.41) is 0. The van der Waals surface area contributed by atoms with E-state index in [4.69, 9.17) is 10.5 Å². The lowest BCUT2D eigenvalue weighted by atomic mass is 10.1. The molecule has 0 saturated carbocycles. The van der Waals surface area contributed by atoms with Crippen LogP contribution in [0.4, 0.5) is 0 Å². The number of nitrogens with two attached hydrogens (primary N) is 1. The van der Waals surface area contributed by atoms with Gasteiger partial charge in [0.05, 0.1) is 0 Å². The van der Waals surface area contributed by atoms with Crippen molar-refractivity contribution in [3.63, 3.8) is 0 Å². The Hall–Kier alpha value is -1.32. The highest BCUT2D eigenvalue weighted by molar-refractivity contribution is 5.89. The summed E-state index contributed by atoms with van der Waals surface area (Å²) in [6.45, 7) is 4.56. The minimum Gasteiger partial charge on any atom is -0.457 e. The molecule has 3 nitrogen and oxygen atoms in total. The zero-order valence-electron chi connectivity index (χ0n) is 10.8. The van der Waals surface area contributed by atoms with Crippen LogP contribution in [0.3, 0.4) is 0 Å². The van der Waals surface area contributed by atoms with E-state index in [1.807, 2.05) is 44.2 Å². The Morgan fingerprint density at radius 1 is 1.22 bits per heavy atom. The van der Waals surface area contributed by atoms with Crippen LogP contribution in [0.25, 0.3) is 0 Å². The van der Waals surface area contributed by atoms with Crippen molar-refractivity contribution in [2.24, 2.45) is 5.73 Å². The van der Waals surface area contributed by atoms with Crippen LogP contribution < -0.4 is 5.73 Å². The summed E-state index contributed by atoms with van der Waals surface area (Å²) >= 11 is 0. The molecule has 0 radical (unpaired) electrons. The maximum atomic E-state index is 11.8. The van der Waals surface area contributed by atoms with Gasteiger partial charge < -0.3 is 10.5 Å². The third kappa shape index (κ3) is 5.34. The standard InChI is InChI=1S/C14H19NO2.ClH/c1-11(2)13(8-9-15)14(16)17-10-12-6-4-3-5-7-12;/h3-7H,8-10,15H2,1-2H3;1H. The van der Waals surface area contributed by atoms with Gasteiger partial charge in [-0.15, -0.1) is 12.4 Å². The van der Waals surface area contributed by atoms with Crippen LogP contribution in [0, 0.1) is 0 Å². The first kappa shape index (κ1) is 16.7. The van der Waals surface area contributed by atoms with Gasteiger partial charge in [0.25, 0.3) is 0 Å². The summed E-state index contributed by atoms with van der Waals surface area (Å²) in [7, 11) is 0. The summed E-state index contributed by atoms with van der Waals surface area (Å²) < 4.78 is 5.25. The van der Waals surface area contributed by atoms with E-state index < -0.39 is 0 Å². The molecule has 0 aliphatic rings. The molecule has 0 heterocycles. The van der Waals surface area contributed by atoms with E-state index in [1.54, 1.807) is 0 Å². The molecule has 0 bridgehead atoms. The van der Waals surface area contributed by atoms with Crippen molar-refractivity contribution in [2.45, 2.75) is 26.9 Å². The SMILES string of the molecule is CC(C)=C(CCN)C(=O)OCc1ccccc1.Cl. The number of carbonyl (C=O) groups excluding carboxylic acids is 1. The van der Waals surface area contributed by atoms with Crippen LogP contribution in [0.5, 0.6) is 0 Å². The van der Waals surface area contributed by atoms with Crippen molar-refractivity contribution >= 4 is 18.4 Å². The Balaban J connectivity index is 0.00000289. The number of halogens is 1. The van der Waals surface area contributed by atoms with Crippen molar-refractivity contribution in [3.8, 4) is 0 Å². The highest BCUT2D eigenvalue weighted by Crippen LogP contribution is 2.11. The van der Waals surface area contributed by atoms with E-state index in [0.717, 1.165) is 11.1 Å². The first-order valence-corrected chi connectivity index (χ1v) is 5.72. The summed E-state index contributed by atoms with van der Waals surface area (Å²) in [6, 6.07) is 9.63. The van der Waals surface area contributed by atoms with Gasteiger partial charge in [-0.3, -0.25) is 0 Å². The molecule has 0 amide bonds. The highest BCUT2D eigenvalue weighted by atomic mass is 35.5. The van der Waals surface area contributed by atoms with Gasteiger partial charge in [0, 0.05) is 5.57 Å². The molecule has 0 fully saturated rings. The van der Waals surface area contributed by atoms with Crippen molar-refractivity contribution in [1.29, 1.82) is 0 Å². The molecule has 2 N–H and O–H groups in total. The number of ether oxygens (including phenoxy) is 1. The zero-order chi connectivity index (χ0) is 12.7. The Labute approximate surface area is 114 Å². The Bertz CT molecular complexity index is 398. The molecule has 18 heavy (non-hydrogen) atoms. The van der Waals surface area contributed by atoms with E-state index in [2.05, 4.69) is 0 Å². The largest absolute Gasteiger partial charge is 0.457 e. The van der Waals surface area contributed by atoms with Gasteiger partial charge >= 0.3 is 5.97 Å². The monoisotopic (exact) mass is 269 g/mol. The lowest BCUT2D eigenvalue weighted by Gasteiger charge is -2.09. The van der Waals surface area contributed by atoms with E-state index in [-0.39, 0.29) is 18.4 Å². The molecule has 0 aliphatic carbocycles. The number of carbonyl (C=O) groups is 1. The molecule has 0 saturated heterocycles. The fourth-order valence-electron chi connectivity index (χ4n) is 1.51. The molecule has 1 aromatic carbocycles. The molecule has 0 aliphatic heterocycles. The summed E-state index contributed by atoms with van der Waals surface area (Å²) in [5.74, 6) is -0.265. The first-order chi connectivity index (χ1) is 8.15. The predicted molar refractivity (Wildman–Crippen MR) is 75.5 cm³/mol. The maximum absolute atomic E-state index is 11.8. The summed E-state index contributed by atoms with van der Waals surface area (Å²) in [5.41, 5.74) is 8.11. The molecule has 0 atom stereocenters. The average Bonchev–Trinajstić information content (AvgIpc) is 2.34. The molecule has 1 aromatic rings. The van der Waals surface area contributed by atoms with Gasteiger partial charge in [-0.1, -0.05) is 35.9 Å². The first-order valence-electron chi connectivity index (χ1n) is 5.72. The Kier molecular flexibility index (Phi) is 8.08. The van der Waals surface area contributed by atoms with E-state index >= 15 is 0 Å². The van der Waals surface area contributed by atoms with Crippen molar-refractivity contribution < 1.29 is 9.53 Å². The normalized spacial score (nSPS) is 9.28. The number of hydrogen-bond acceptors (Lipinski definition) is 3. The molecular formula is C14H20ClNO2. The lowest BCUT2D eigenvalue weighted by molar-refractivity contribution is -0.140. The van der Waals surface area contributed by atoms with Crippen LogP contribution in [-0.4, -0.2) is 12.5 Å². The van der Waals surface area contributed by atoms with Gasteiger partial charge in [0.2, 0.25) is 0 Å². The second kappa shape index (κ2) is 8.72. The Morgan fingerprint density at radius 3 is 2.33 bits per heavy atom. The summed E-state index contributed by atoms with van der Waals surface area (Å²) in [6.07, 6.45) is 0.565. The van der Waals surface area contributed by atoms with Gasteiger partial charge in [-0.25, -0.2) is 4.79 Å². The second-order valence-corrected chi connectivity index (χ2v) is 4.08. The van der Waals surface area contributed by atoms with Crippen LogP contribution in [0.1, 0.15) is 25.8 Å². The third-order valence-electron chi connectivity index (χ3n) is 2.46. The van der Waals surface area contributed by atoms with Crippen LogP contribution >= 0.6 is 12.4 Å². The second-order valence-electron chi connectivity index (χ2n) is 4.08. The van der Waals surface area contributed by atoms with E-state index in [1.165, 1.54) is 0 Å². The molecule has 4 heteroatoms. The predicted octanol–water partition coefficient (Wildman–Crippen LogP) is 2.84. The highest BCUT2D eigenvalue weighted by Gasteiger charge is 2.11. The molecule has 0 aromatic heterocycles. The number of benzene rings is 1. The number of esters is 1. The number of rotatable bonds is 5. The van der Waals surface area contributed by atoms with Gasteiger partial charge in [-0.2, -0.15) is 0 Å². The number of hydrogen-bond donors (Lipinski definition) is 1. The van der Waals surface area contributed by atoms with Crippen molar-refractivity contribution in [1.82, 2.24) is 0 Å². The summed E-state index contributed by atoms with van der Waals surface area (Å²) in [4.78, 5) is 11.8. The Morgan fingerprint density at radius 2 is 1.83 bits per heavy atom. The molecule has 0 unspecified atom stereocenters. The lowest BCUT2D eigenvalue weighted by Crippen LogP contribution is -2.13. The van der Waals surface area contributed by atoms with Gasteiger partial charge in [0.1, 0.15) is 6.61 Å². The van der Waals surface area contributed by atoms with E-state index in [0.29, 0.717) is 25.1 Å².